The van der Waals surface area contributed by atoms with E-state index in [2.05, 4.69) is 0 Å². The highest BCUT2D eigenvalue weighted by molar-refractivity contribution is 8.27. The molecule has 9 heteroatoms. The Morgan fingerprint density at radius 2 is 1.85 bits per heavy atom. The Balaban J connectivity index is 1.96. The summed E-state index contributed by atoms with van der Waals surface area (Å²) in [6.07, 6.45) is -2.98. The van der Waals surface area contributed by atoms with Gasteiger partial charge < -0.3 is 0 Å². The van der Waals surface area contributed by atoms with Crippen LogP contribution in [0, 0.1) is 0 Å². The average molecular weight is 434 g/mol. The van der Waals surface area contributed by atoms with Gasteiger partial charge in [-0.05, 0) is 42.0 Å². The molecule has 0 spiro atoms. The van der Waals surface area contributed by atoms with Gasteiger partial charge in [0.1, 0.15) is 0 Å². The number of benzene rings is 2. The fraction of sp³-hybridized carbons (Fsp3) is 0.0588. The Morgan fingerprint density at radius 3 is 2.50 bits per heavy atom. The van der Waals surface area contributed by atoms with Crippen molar-refractivity contribution in [2.45, 2.75) is 6.18 Å². The van der Waals surface area contributed by atoms with Crippen LogP contribution < -0.4 is 4.90 Å². The van der Waals surface area contributed by atoms with Crippen molar-refractivity contribution >= 4 is 69.2 Å². The third-order valence-corrected chi connectivity index (χ3v) is 5.34. The lowest BCUT2D eigenvalue weighted by molar-refractivity contribution is -0.137. The molecule has 0 aromatic heterocycles. The van der Waals surface area contributed by atoms with Crippen LogP contribution in [0.1, 0.15) is 11.1 Å². The molecule has 1 aliphatic rings. The number of alkyl halides is 3. The van der Waals surface area contributed by atoms with Gasteiger partial charge >= 0.3 is 6.18 Å². The molecule has 0 aliphatic carbocycles. The van der Waals surface area contributed by atoms with E-state index in [0.717, 1.165) is 28.8 Å². The summed E-state index contributed by atoms with van der Waals surface area (Å²) in [6.45, 7) is 0. The van der Waals surface area contributed by atoms with Crippen molar-refractivity contribution in [2.75, 3.05) is 4.90 Å². The summed E-state index contributed by atoms with van der Waals surface area (Å²) in [4.78, 5) is 14.0. The van der Waals surface area contributed by atoms with Gasteiger partial charge in [-0.25, -0.2) is 0 Å². The van der Waals surface area contributed by atoms with Gasteiger partial charge in [-0.2, -0.15) is 13.2 Å². The Hall–Kier alpha value is -1.54. The van der Waals surface area contributed by atoms with Gasteiger partial charge in [0.2, 0.25) is 0 Å². The Labute approximate surface area is 166 Å². The van der Waals surface area contributed by atoms with E-state index in [1.165, 1.54) is 24.3 Å². The predicted octanol–water partition coefficient (Wildman–Crippen LogP) is 6.42. The summed E-state index contributed by atoms with van der Waals surface area (Å²) in [5.74, 6) is -0.509. The van der Waals surface area contributed by atoms with Crippen molar-refractivity contribution in [1.82, 2.24) is 0 Å². The van der Waals surface area contributed by atoms with Crippen molar-refractivity contribution in [1.29, 1.82) is 0 Å². The van der Waals surface area contributed by atoms with Gasteiger partial charge in [0, 0.05) is 10.0 Å². The van der Waals surface area contributed by atoms with Crippen molar-refractivity contribution in [2.24, 2.45) is 0 Å². The SMILES string of the molecule is O=C1/C(=C\c2ccc(Cl)cc2Cl)SC(=S)N1c1cccc(C(F)(F)F)c1. The minimum atomic E-state index is -4.51. The van der Waals surface area contributed by atoms with Gasteiger partial charge in [0.25, 0.3) is 5.91 Å². The van der Waals surface area contributed by atoms with Crippen LogP contribution in [0.25, 0.3) is 6.08 Å². The lowest BCUT2D eigenvalue weighted by Crippen LogP contribution is -2.27. The summed E-state index contributed by atoms with van der Waals surface area (Å²) in [6, 6.07) is 9.25. The normalized spacial score (nSPS) is 16.7. The number of halogens is 5. The lowest BCUT2D eigenvalue weighted by atomic mass is 10.1. The molecule has 2 nitrogen and oxygen atoms in total. The first kappa shape index (κ1) is 19.2. The van der Waals surface area contributed by atoms with Gasteiger partial charge in [0.15, 0.2) is 4.32 Å². The van der Waals surface area contributed by atoms with E-state index in [9.17, 15) is 18.0 Å². The van der Waals surface area contributed by atoms with Crippen LogP contribution in [0.4, 0.5) is 18.9 Å². The zero-order valence-corrected chi connectivity index (χ0v) is 15.8. The quantitative estimate of drug-likeness (QED) is 0.402. The van der Waals surface area contributed by atoms with Crippen molar-refractivity contribution < 1.29 is 18.0 Å². The van der Waals surface area contributed by atoms with Gasteiger partial charge in [0.05, 0.1) is 16.2 Å². The van der Waals surface area contributed by atoms with E-state index in [-0.39, 0.29) is 14.9 Å². The number of thioether (sulfide) groups is 1. The molecule has 3 rings (SSSR count). The first-order valence-corrected chi connectivity index (χ1v) is 9.05. The fourth-order valence-corrected chi connectivity index (χ4v) is 4.02. The number of hydrogen-bond donors (Lipinski definition) is 0. The fourth-order valence-electron chi connectivity index (χ4n) is 2.27. The summed E-state index contributed by atoms with van der Waals surface area (Å²) >= 11 is 18.1. The third-order valence-electron chi connectivity index (χ3n) is 3.47. The van der Waals surface area contributed by atoms with E-state index in [1.807, 2.05) is 0 Å². The standard InChI is InChI=1S/C17H8Cl2F3NOS2/c18-11-5-4-9(13(19)8-11)6-14-15(24)23(16(25)26-14)12-3-1-2-10(7-12)17(20,21)22/h1-8H/b14-6+. The minimum Gasteiger partial charge on any atom is -0.268 e. The van der Waals surface area contributed by atoms with Crippen LogP contribution in [-0.2, 0) is 11.0 Å². The Kier molecular flexibility index (Phi) is 5.35. The molecular formula is C17H8Cl2F3NOS2. The van der Waals surface area contributed by atoms with Crippen molar-refractivity contribution in [3.63, 3.8) is 0 Å². The average Bonchev–Trinajstić information content (AvgIpc) is 2.83. The highest BCUT2D eigenvalue weighted by Gasteiger charge is 2.36. The third kappa shape index (κ3) is 3.91. The van der Waals surface area contributed by atoms with Crippen LogP contribution >= 0.6 is 47.2 Å². The Morgan fingerprint density at radius 1 is 1.12 bits per heavy atom. The largest absolute Gasteiger partial charge is 0.416 e. The molecule has 134 valence electrons. The second-order valence-corrected chi connectivity index (χ2v) is 7.75. The molecule has 0 atom stereocenters. The molecule has 1 heterocycles. The molecule has 0 N–H and O–H groups in total. The molecule has 0 saturated carbocycles. The second-order valence-electron chi connectivity index (χ2n) is 5.23. The van der Waals surface area contributed by atoms with Crippen LogP contribution in [0.2, 0.25) is 10.0 Å². The number of hydrogen-bond acceptors (Lipinski definition) is 3. The van der Waals surface area contributed by atoms with Crippen LogP contribution in [0.15, 0.2) is 47.4 Å². The lowest BCUT2D eigenvalue weighted by Gasteiger charge is -2.16. The smallest absolute Gasteiger partial charge is 0.268 e. The van der Waals surface area contributed by atoms with Gasteiger partial charge in [-0.15, -0.1) is 0 Å². The van der Waals surface area contributed by atoms with E-state index >= 15 is 0 Å². The molecule has 0 unspecified atom stereocenters. The molecule has 0 radical (unpaired) electrons. The zero-order chi connectivity index (χ0) is 19.1. The van der Waals surface area contributed by atoms with Gasteiger partial charge in [-0.1, -0.05) is 59.3 Å². The summed E-state index contributed by atoms with van der Waals surface area (Å²) < 4.78 is 38.9. The van der Waals surface area contributed by atoms with Crippen molar-refractivity contribution in [3.8, 4) is 0 Å². The molecule has 2 aromatic carbocycles. The topological polar surface area (TPSA) is 20.3 Å². The predicted molar refractivity (Wildman–Crippen MR) is 104 cm³/mol. The number of amides is 1. The first-order chi connectivity index (χ1) is 12.2. The minimum absolute atomic E-state index is 0.0629. The van der Waals surface area contributed by atoms with E-state index in [1.54, 1.807) is 12.1 Å². The van der Waals surface area contributed by atoms with Crippen LogP contribution in [-0.4, -0.2) is 10.2 Å². The summed E-state index contributed by atoms with van der Waals surface area (Å²) in [5.41, 5.74) is -0.234. The molecule has 1 saturated heterocycles. The molecular weight excluding hydrogens is 426 g/mol. The monoisotopic (exact) mass is 433 g/mol. The van der Waals surface area contributed by atoms with Crippen LogP contribution in [0.3, 0.4) is 0 Å². The number of rotatable bonds is 2. The second kappa shape index (κ2) is 7.23. The summed E-state index contributed by atoms with van der Waals surface area (Å²) in [5, 5.41) is 0.797. The maximum absolute atomic E-state index is 12.9. The zero-order valence-electron chi connectivity index (χ0n) is 12.7. The summed E-state index contributed by atoms with van der Waals surface area (Å²) in [7, 11) is 0. The van der Waals surface area contributed by atoms with E-state index in [0.29, 0.717) is 15.6 Å². The maximum Gasteiger partial charge on any atom is 0.416 e. The molecule has 1 fully saturated rings. The molecule has 2 aromatic rings. The highest BCUT2D eigenvalue weighted by atomic mass is 35.5. The number of thiocarbonyl (C=S) groups is 1. The number of carbonyl (C=O) groups excluding carboxylic acids is 1. The Bertz CT molecular complexity index is 944. The van der Waals surface area contributed by atoms with Gasteiger partial charge in [-0.3, -0.25) is 9.69 Å². The number of nitrogens with zero attached hydrogens (tertiary/aromatic N) is 1. The highest BCUT2D eigenvalue weighted by Crippen LogP contribution is 2.39. The van der Waals surface area contributed by atoms with E-state index < -0.39 is 17.6 Å². The van der Waals surface area contributed by atoms with Crippen molar-refractivity contribution in [3.05, 3.63) is 68.5 Å². The molecule has 1 amide bonds. The first-order valence-electron chi connectivity index (χ1n) is 7.07. The van der Waals surface area contributed by atoms with E-state index in [4.69, 9.17) is 35.4 Å². The maximum atomic E-state index is 12.9. The number of carbonyl (C=O) groups is 1. The molecule has 1 aliphatic heterocycles. The van der Waals surface area contributed by atoms with Crippen LogP contribution in [0.5, 0.6) is 0 Å². The number of anilines is 1. The molecule has 0 bridgehead atoms. The molecule has 26 heavy (non-hydrogen) atoms.